The monoisotopic (exact) mass is 460 g/mol. The van der Waals surface area contributed by atoms with Crippen LogP contribution in [0.15, 0.2) is 20.2 Å². The fourth-order valence-electron chi connectivity index (χ4n) is 3.34. The maximum Gasteiger partial charge on any atom is 0.179 e. The van der Waals surface area contributed by atoms with Gasteiger partial charge in [-0.2, -0.15) is 0 Å². The van der Waals surface area contributed by atoms with Gasteiger partial charge in [-0.1, -0.05) is 38.7 Å². The molecule has 1 aromatic heterocycles. The van der Waals surface area contributed by atoms with E-state index in [2.05, 4.69) is 45.4 Å². The van der Waals surface area contributed by atoms with E-state index < -0.39 is 5.41 Å². The van der Waals surface area contributed by atoms with Crippen LogP contribution in [-0.2, 0) is 0 Å². The standard InChI is InChI=1S/C18H22Br2O2S/c1-3-5-7-9-11-18(10-8-6-4-2)14(21)12-13(15(18)22)17(20)23-16(12)19/h3H,1,4-11H2,2H3. The van der Waals surface area contributed by atoms with Crippen molar-refractivity contribution < 1.29 is 9.59 Å². The molecule has 126 valence electrons. The summed E-state index contributed by atoms with van der Waals surface area (Å²) in [5.74, 6) is 0.0575. The van der Waals surface area contributed by atoms with Gasteiger partial charge in [0.15, 0.2) is 11.6 Å². The summed E-state index contributed by atoms with van der Waals surface area (Å²) < 4.78 is 1.56. The van der Waals surface area contributed by atoms with Gasteiger partial charge < -0.3 is 0 Å². The van der Waals surface area contributed by atoms with E-state index in [0.717, 1.165) is 46.1 Å². The first-order chi connectivity index (χ1) is 11.0. The lowest BCUT2D eigenvalue weighted by atomic mass is 9.74. The first kappa shape index (κ1) is 19.1. The highest BCUT2D eigenvalue weighted by Crippen LogP contribution is 2.51. The summed E-state index contributed by atoms with van der Waals surface area (Å²) >= 11 is 8.35. The number of ketones is 2. The molecule has 0 aliphatic heterocycles. The Kier molecular flexibility index (Phi) is 6.81. The summed E-state index contributed by atoms with van der Waals surface area (Å²) in [5.41, 5.74) is 0.374. The number of thiophene rings is 1. The third kappa shape index (κ3) is 3.57. The fraction of sp³-hybridized carbons (Fsp3) is 0.556. The summed E-state index contributed by atoms with van der Waals surface area (Å²) in [6, 6.07) is 0. The van der Waals surface area contributed by atoms with E-state index in [-0.39, 0.29) is 11.6 Å². The quantitative estimate of drug-likeness (QED) is 0.226. The lowest BCUT2D eigenvalue weighted by Crippen LogP contribution is -2.34. The van der Waals surface area contributed by atoms with Gasteiger partial charge in [0.1, 0.15) is 0 Å². The Balaban J connectivity index is 2.30. The number of allylic oxidation sites excluding steroid dienone is 1. The molecule has 1 aliphatic carbocycles. The van der Waals surface area contributed by atoms with Crippen molar-refractivity contribution in [3.63, 3.8) is 0 Å². The maximum absolute atomic E-state index is 13.1. The molecule has 1 aromatic rings. The fourth-order valence-corrected chi connectivity index (χ4v) is 6.47. The van der Waals surface area contributed by atoms with Gasteiger partial charge in [-0.25, -0.2) is 0 Å². The van der Waals surface area contributed by atoms with E-state index in [0.29, 0.717) is 24.0 Å². The highest BCUT2D eigenvalue weighted by Gasteiger charge is 2.54. The van der Waals surface area contributed by atoms with Crippen LogP contribution in [0.5, 0.6) is 0 Å². The van der Waals surface area contributed by atoms with E-state index in [9.17, 15) is 9.59 Å². The van der Waals surface area contributed by atoms with Crippen LogP contribution in [0.25, 0.3) is 0 Å². The molecule has 0 fully saturated rings. The number of rotatable bonds is 9. The number of halogens is 2. The number of Topliss-reactive ketones (excluding diaryl/α,β-unsaturated/α-hetero) is 2. The number of fused-ring (bicyclic) bond motifs is 1. The highest BCUT2D eigenvalue weighted by molar-refractivity contribution is 9.12. The first-order valence-electron chi connectivity index (χ1n) is 8.18. The topological polar surface area (TPSA) is 34.1 Å². The first-order valence-corrected chi connectivity index (χ1v) is 10.6. The zero-order valence-corrected chi connectivity index (χ0v) is 17.4. The second-order valence-corrected chi connectivity index (χ2v) is 9.79. The minimum Gasteiger partial charge on any atom is -0.293 e. The molecule has 0 atom stereocenters. The minimum atomic E-state index is -0.833. The van der Waals surface area contributed by atoms with Gasteiger partial charge >= 0.3 is 0 Å². The van der Waals surface area contributed by atoms with Crippen LogP contribution in [-0.4, -0.2) is 11.6 Å². The van der Waals surface area contributed by atoms with Crippen molar-refractivity contribution in [3.05, 3.63) is 31.4 Å². The lowest BCUT2D eigenvalue weighted by molar-refractivity contribution is 0.0656. The average Bonchev–Trinajstić information content (AvgIpc) is 2.93. The van der Waals surface area contributed by atoms with Gasteiger partial charge in [0.25, 0.3) is 0 Å². The summed E-state index contributed by atoms with van der Waals surface area (Å²) in [6.45, 7) is 5.88. The Bertz CT molecular complexity index is 582. The van der Waals surface area contributed by atoms with Gasteiger partial charge in [-0.3, -0.25) is 9.59 Å². The van der Waals surface area contributed by atoms with E-state index in [1.54, 1.807) is 0 Å². The summed E-state index contributed by atoms with van der Waals surface area (Å²) in [7, 11) is 0. The van der Waals surface area contributed by atoms with Crippen molar-refractivity contribution >= 4 is 54.8 Å². The second-order valence-electron chi connectivity index (χ2n) is 6.13. The molecule has 1 heterocycles. The molecule has 0 amide bonds. The van der Waals surface area contributed by atoms with Crippen molar-refractivity contribution in [1.29, 1.82) is 0 Å². The molecular weight excluding hydrogens is 440 g/mol. The molecule has 0 saturated carbocycles. The zero-order valence-electron chi connectivity index (χ0n) is 13.4. The second kappa shape index (κ2) is 8.21. The Morgan fingerprint density at radius 1 is 1.00 bits per heavy atom. The molecule has 5 heteroatoms. The number of hydrogen-bond donors (Lipinski definition) is 0. The third-order valence-electron chi connectivity index (χ3n) is 4.61. The molecule has 0 N–H and O–H groups in total. The number of hydrogen-bond acceptors (Lipinski definition) is 3. The Morgan fingerprint density at radius 2 is 1.52 bits per heavy atom. The number of carbonyl (C=O) groups excluding carboxylic acids is 2. The normalized spacial score (nSPS) is 16.0. The lowest BCUT2D eigenvalue weighted by Gasteiger charge is -2.26. The van der Waals surface area contributed by atoms with E-state index in [1.165, 1.54) is 11.3 Å². The largest absolute Gasteiger partial charge is 0.293 e. The van der Waals surface area contributed by atoms with Crippen LogP contribution >= 0.6 is 43.2 Å². The minimum absolute atomic E-state index is 0.0287. The highest BCUT2D eigenvalue weighted by atomic mass is 79.9. The molecule has 2 nitrogen and oxygen atoms in total. The molecule has 2 rings (SSSR count). The third-order valence-corrected chi connectivity index (χ3v) is 7.15. The number of carbonyl (C=O) groups is 2. The van der Waals surface area contributed by atoms with Gasteiger partial charge in [0.2, 0.25) is 0 Å². The molecule has 0 bridgehead atoms. The Morgan fingerprint density at radius 3 is 2.00 bits per heavy atom. The summed E-state index contributed by atoms with van der Waals surface area (Å²) in [4.78, 5) is 26.3. The molecule has 1 aliphatic rings. The van der Waals surface area contributed by atoms with Crippen LogP contribution in [0, 0.1) is 5.41 Å². The van der Waals surface area contributed by atoms with Crippen molar-refractivity contribution in [3.8, 4) is 0 Å². The van der Waals surface area contributed by atoms with Crippen molar-refractivity contribution in [1.82, 2.24) is 0 Å². The van der Waals surface area contributed by atoms with Crippen molar-refractivity contribution in [2.75, 3.05) is 0 Å². The molecule has 0 radical (unpaired) electrons. The van der Waals surface area contributed by atoms with Gasteiger partial charge in [0.05, 0.1) is 24.1 Å². The SMILES string of the molecule is C=CCCCCC1(CCCCC)C(=O)c2c(Br)sc(Br)c2C1=O. The molecule has 0 unspecified atom stereocenters. The van der Waals surface area contributed by atoms with Crippen LogP contribution in [0.4, 0.5) is 0 Å². The van der Waals surface area contributed by atoms with Crippen LogP contribution in [0.3, 0.4) is 0 Å². The van der Waals surface area contributed by atoms with Crippen LogP contribution < -0.4 is 0 Å². The van der Waals surface area contributed by atoms with Crippen molar-refractivity contribution in [2.24, 2.45) is 5.41 Å². The number of unbranched alkanes of at least 4 members (excludes halogenated alkanes) is 4. The molecular formula is C18H22Br2O2S. The Hall–Kier alpha value is -0.260. The van der Waals surface area contributed by atoms with Gasteiger partial charge in [-0.05, 0) is 57.5 Å². The summed E-state index contributed by atoms with van der Waals surface area (Å²) in [6.07, 6.45) is 9.10. The van der Waals surface area contributed by atoms with E-state index >= 15 is 0 Å². The smallest absolute Gasteiger partial charge is 0.179 e. The molecule has 0 aromatic carbocycles. The van der Waals surface area contributed by atoms with E-state index in [1.807, 2.05) is 6.08 Å². The average molecular weight is 462 g/mol. The molecule has 0 spiro atoms. The van der Waals surface area contributed by atoms with Gasteiger partial charge in [0, 0.05) is 0 Å². The van der Waals surface area contributed by atoms with Gasteiger partial charge in [-0.15, -0.1) is 17.9 Å². The van der Waals surface area contributed by atoms with Crippen molar-refractivity contribution in [2.45, 2.75) is 58.3 Å². The molecule has 0 saturated heterocycles. The Labute approximate surface area is 159 Å². The van der Waals surface area contributed by atoms with Crippen LogP contribution in [0.2, 0.25) is 0 Å². The molecule has 23 heavy (non-hydrogen) atoms. The van der Waals surface area contributed by atoms with Crippen LogP contribution in [0.1, 0.15) is 79.0 Å². The zero-order chi connectivity index (χ0) is 17.0. The van der Waals surface area contributed by atoms with E-state index in [4.69, 9.17) is 0 Å². The predicted molar refractivity (Wildman–Crippen MR) is 104 cm³/mol. The maximum atomic E-state index is 13.1. The predicted octanol–water partition coefficient (Wildman–Crippen LogP) is 6.97. The summed E-state index contributed by atoms with van der Waals surface area (Å²) in [5, 5.41) is 0.